The molecule has 2 nitrogen and oxygen atoms in total. The molecule has 0 bridgehead atoms. The van der Waals surface area contributed by atoms with E-state index in [1.807, 2.05) is 6.07 Å². The van der Waals surface area contributed by atoms with Crippen molar-refractivity contribution in [3.05, 3.63) is 68.8 Å². The number of carbonyl (C=O) groups excluding carboxylic acids is 1. The summed E-state index contributed by atoms with van der Waals surface area (Å²) in [5.41, 5.74) is 1.74. The van der Waals surface area contributed by atoms with Gasteiger partial charge in [0.15, 0.2) is 5.78 Å². The lowest BCUT2D eigenvalue weighted by Gasteiger charge is -2.03. The molecular formula is C15H8Cl3NO. The molecule has 20 heavy (non-hydrogen) atoms. The maximum absolute atomic E-state index is 12.6. The van der Waals surface area contributed by atoms with Gasteiger partial charge in [0.2, 0.25) is 0 Å². The molecule has 3 aromatic rings. The number of carbonyl (C=O) groups is 1. The summed E-state index contributed by atoms with van der Waals surface area (Å²) in [4.78, 5) is 15.6. The molecule has 1 N–H and O–H groups in total. The van der Waals surface area contributed by atoms with Crippen molar-refractivity contribution in [2.24, 2.45) is 0 Å². The van der Waals surface area contributed by atoms with Crippen molar-refractivity contribution in [1.29, 1.82) is 0 Å². The van der Waals surface area contributed by atoms with Crippen LogP contribution >= 0.6 is 34.8 Å². The van der Waals surface area contributed by atoms with Gasteiger partial charge in [-0.2, -0.15) is 0 Å². The van der Waals surface area contributed by atoms with Gasteiger partial charge in [0.05, 0.1) is 5.02 Å². The fraction of sp³-hybridized carbons (Fsp3) is 0. The van der Waals surface area contributed by atoms with E-state index in [1.165, 1.54) is 0 Å². The average Bonchev–Trinajstić information content (AvgIpc) is 2.83. The molecule has 0 fully saturated rings. The van der Waals surface area contributed by atoms with E-state index in [0.29, 0.717) is 26.2 Å². The fourth-order valence-electron chi connectivity index (χ4n) is 2.10. The maximum atomic E-state index is 12.6. The minimum Gasteiger partial charge on any atom is -0.360 e. The van der Waals surface area contributed by atoms with E-state index in [-0.39, 0.29) is 5.78 Å². The summed E-state index contributed by atoms with van der Waals surface area (Å²) in [7, 11) is 0. The number of fused-ring (bicyclic) bond motifs is 1. The predicted octanol–water partition coefficient (Wildman–Crippen LogP) is 5.36. The molecule has 0 radical (unpaired) electrons. The molecule has 0 atom stereocenters. The molecule has 100 valence electrons. The lowest BCUT2D eigenvalue weighted by Crippen LogP contribution is -2.01. The third-order valence-corrected chi connectivity index (χ3v) is 3.86. The molecular weight excluding hydrogens is 317 g/mol. The largest absolute Gasteiger partial charge is 0.360 e. The molecule has 0 unspecified atom stereocenters. The molecule has 3 rings (SSSR count). The summed E-state index contributed by atoms with van der Waals surface area (Å²) in [6.45, 7) is 0. The lowest BCUT2D eigenvalue weighted by atomic mass is 10.0. The molecule has 0 aliphatic rings. The first-order chi connectivity index (χ1) is 9.56. The number of hydrogen-bond donors (Lipinski definition) is 1. The number of ketones is 1. The number of nitrogens with one attached hydrogen (secondary N) is 1. The van der Waals surface area contributed by atoms with E-state index in [4.69, 9.17) is 34.8 Å². The second-order valence-electron chi connectivity index (χ2n) is 4.35. The predicted molar refractivity (Wildman–Crippen MR) is 83.2 cm³/mol. The van der Waals surface area contributed by atoms with Crippen molar-refractivity contribution in [2.75, 3.05) is 0 Å². The summed E-state index contributed by atoms with van der Waals surface area (Å²) in [5, 5.41) is 2.17. The van der Waals surface area contributed by atoms with E-state index in [2.05, 4.69) is 4.98 Å². The molecule has 2 aromatic carbocycles. The summed E-state index contributed by atoms with van der Waals surface area (Å²) in [6.07, 6.45) is 1.65. The van der Waals surface area contributed by atoms with Gasteiger partial charge < -0.3 is 4.98 Å². The van der Waals surface area contributed by atoms with Crippen LogP contribution in [0, 0.1) is 0 Å². The van der Waals surface area contributed by atoms with E-state index in [1.54, 1.807) is 36.5 Å². The van der Waals surface area contributed by atoms with Crippen LogP contribution in [0.25, 0.3) is 10.9 Å². The summed E-state index contributed by atoms with van der Waals surface area (Å²) in [5.74, 6) is -0.189. The smallest absolute Gasteiger partial charge is 0.196 e. The van der Waals surface area contributed by atoms with Gasteiger partial charge in [0, 0.05) is 38.3 Å². The van der Waals surface area contributed by atoms with Gasteiger partial charge in [-0.25, -0.2) is 0 Å². The number of benzene rings is 2. The van der Waals surface area contributed by atoms with Crippen LogP contribution < -0.4 is 0 Å². The van der Waals surface area contributed by atoms with Crippen LogP contribution in [-0.2, 0) is 0 Å². The summed E-state index contributed by atoms with van der Waals surface area (Å²) >= 11 is 18.0. The van der Waals surface area contributed by atoms with Crippen molar-refractivity contribution >= 4 is 51.5 Å². The minimum atomic E-state index is -0.189. The molecule has 0 aliphatic heterocycles. The van der Waals surface area contributed by atoms with Crippen LogP contribution in [0.4, 0.5) is 0 Å². The number of halogens is 3. The first kappa shape index (κ1) is 13.5. The fourth-order valence-corrected chi connectivity index (χ4v) is 2.64. The van der Waals surface area contributed by atoms with Crippen molar-refractivity contribution in [1.82, 2.24) is 4.98 Å². The second-order valence-corrected chi connectivity index (χ2v) is 5.63. The Balaban J connectivity index is 2.17. The topological polar surface area (TPSA) is 32.9 Å². The van der Waals surface area contributed by atoms with Gasteiger partial charge in [-0.05, 0) is 36.4 Å². The SMILES string of the molecule is O=C(c1cc(Cl)ccc1Cl)c1c[nH]c2ccc(Cl)cc12. The van der Waals surface area contributed by atoms with E-state index < -0.39 is 0 Å². The molecule has 0 amide bonds. The van der Waals surface area contributed by atoms with Gasteiger partial charge in [0.25, 0.3) is 0 Å². The molecule has 0 saturated carbocycles. The van der Waals surface area contributed by atoms with Gasteiger partial charge in [0.1, 0.15) is 0 Å². The average molecular weight is 325 g/mol. The van der Waals surface area contributed by atoms with Gasteiger partial charge >= 0.3 is 0 Å². The number of aromatic amines is 1. The Morgan fingerprint density at radius 2 is 1.60 bits per heavy atom. The third-order valence-electron chi connectivity index (χ3n) is 3.06. The first-order valence-electron chi connectivity index (χ1n) is 5.82. The zero-order valence-corrected chi connectivity index (χ0v) is 12.4. The van der Waals surface area contributed by atoms with Crippen LogP contribution in [0.2, 0.25) is 15.1 Å². The normalized spacial score (nSPS) is 10.9. The highest BCUT2D eigenvalue weighted by atomic mass is 35.5. The van der Waals surface area contributed by atoms with Gasteiger partial charge in [-0.3, -0.25) is 4.79 Å². The van der Waals surface area contributed by atoms with Gasteiger partial charge in [-0.1, -0.05) is 34.8 Å². The Hall–Kier alpha value is -1.48. The number of rotatable bonds is 2. The zero-order chi connectivity index (χ0) is 14.3. The highest BCUT2D eigenvalue weighted by Crippen LogP contribution is 2.28. The van der Waals surface area contributed by atoms with Crippen LogP contribution in [-0.4, -0.2) is 10.8 Å². The van der Waals surface area contributed by atoms with E-state index in [9.17, 15) is 4.79 Å². The molecule has 0 saturated heterocycles. The lowest BCUT2D eigenvalue weighted by molar-refractivity contribution is 0.104. The molecule has 5 heteroatoms. The highest BCUT2D eigenvalue weighted by molar-refractivity contribution is 6.37. The highest BCUT2D eigenvalue weighted by Gasteiger charge is 2.17. The van der Waals surface area contributed by atoms with Crippen molar-refractivity contribution in [3.63, 3.8) is 0 Å². The Kier molecular flexibility index (Phi) is 3.47. The minimum absolute atomic E-state index is 0.189. The summed E-state index contributed by atoms with van der Waals surface area (Å²) in [6, 6.07) is 10.2. The van der Waals surface area contributed by atoms with Crippen LogP contribution in [0.3, 0.4) is 0 Å². The molecule has 0 spiro atoms. The van der Waals surface area contributed by atoms with Crippen LogP contribution in [0.5, 0.6) is 0 Å². The third kappa shape index (κ3) is 2.31. The van der Waals surface area contributed by atoms with Crippen molar-refractivity contribution < 1.29 is 4.79 Å². The Morgan fingerprint density at radius 1 is 0.900 bits per heavy atom. The Bertz CT molecular complexity index is 823. The standard InChI is InChI=1S/C15H8Cl3NO/c16-8-1-3-13(18)11(6-8)15(20)12-7-19-14-4-2-9(17)5-10(12)14/h1-7,19H. The van der Waals surface area contributed by atoms with Crippen molar-refractivity contribution in [2.45, 2.75) is 0 Å². The maximum Gasteiger partial charge on any atom is 0.196 e. The second kappa shape index (κ2) is 5.13. The van der Waals surface area contributed by atoms with Crippen molar-refractivity contribution in [3.8, 4) is 0 Å². The molecule has 0 aliphatic carbocycles. The monoisotopic (exact) mass is 323 g/mol. The van der Waals surface area contributed by atoms with E-state index in [0.717, 1.165) is 10.9 Å². The quantitative estimate of drug-likeness (QED) is 0.632. The van der Waals surface area contributed by atoms with E-state index >= 15 is 0 Å². The zero-order valence-electron chi connectivity index (χ0n) is 10.1. The van der Waals surface area contributed by atoms with Gasteiger partial charge in [-0.15, -0.1) is 0 Å². The number of H-pyrrole nitrogens is 1. The Labute approximate surface area is 130 Å². The first-order valence-corrected chi connectivity index (χ1v) is 6.96. The molecule has 1 heterocycles. The van der Waals surface area contributed by atoms with Crippen LogP contribution in [0.15, 0.2) is 42.6 Å². The van der Waals surface area contributed by atoms with Crippen LogP contribution in [0.1, 0.15) is 15.9 Å². The number of hydrogen-bond acceptors (Lipinski definition) is 1. The summed E-state index contributed by atoms with van der Waals surface area (Å²) < 4.78 is 0. The molecule has 1 aromatic heterocycles. The Morgan fingerprint density at radius 3 is 2.40 bits per heavy atom. The number of aromatic nitrogens is 1.